The number of carbonyl (C=O) groups is 2. The van der Waals surface area contributed by atoms with E-state index in [0.717, 1.165) is 0 Å². The second-order valence-corrected chi connectivity index (χ2v) is 4.84. The third-order valence-corrected chi connectivity index (χ3v) is 3.58. The lowest BCUT2D eigenvalue weighted by atomic mass is 10.1. The van der Waals surface area contributed by atoms with E-state index >= 15 is 0 Å². The molecule has 21 heavy (non-hydrogen) atoms. The van der Waals surface area contributed by atoms with Gasteiger partial charge in [-0.2, -0.15) is 0 Å². The molecule has 0 saturated carbocycles. The minimum Gasteiger partial charge on any atom is -0.378 e. The van der Waals surface area contributed by atoms with Crippen molar-refractivity contribution in [1.82, 2.24) is 14.8 Å². The third-order valence-electron chi connectivity index (χ3n) is 3.58. The zero-order chi connectivity index (χ0) is 15.2. The molecule has 0 aromatic carbocycles. The zero-order valence-corrected chi connectivity index (χ0v) is 12.5. The molecule has 1 aliphatic heterocycles. The number of hydrogen-bond donors (Lipinski definition) is 0. The van der Waals surface area contributed by atoms with E-state index < -0.39 is 0 Å². The zero-order valence-electron chi connectivity index (χ0n) is 12.5. The van der Waals surface area contributed by atoms with Crippen LogP contribution in [0, 0.1) is 0 Å². The van der Waals surface area contributed by atoms with Crippen LogP contribution in [0.5, 0.6) is 0 Å². The van der Waals surface area contributed by atoms with Gasteiger partial charge in [0.25, 0.3) is 11.8 Å². The maximum atomic E-state index is 12.4. The van der Waals surface area contributed by atoms with Crippen LogP contribution in [-0.4, -0.2) is 66.0 Å². The second kappa shape index (κ2) is 7.17. The standard InChI is InChI=1S/C15H21N3O3/c1-3-17(4-2)14(19)12-9-13(11-16-10-12)15(20)18-5-7-21-8-6-18/h9-11H,3-8H2,1-2H3. The van der Waals surface area contributed by atoms with Crippen LogP contribution >= 0.6 is 0 Å². The van der Waals surface area contributed by atoms with Crippen molar-refractivity contribution in [3.05, 3.63) is 29.6 Å². The summed E-state index contributed by atoms with van der Waals surface area (Å²) < 4.78 is 5.24. The molecule has 2 rings (SSSR count). The highest BCUT2D eigenvalue weighted by Gasteiger charge is 2.20. The van der Waals surface area contributed by atoms with Gasteiger partial charge < -0.3 is 14.5 Å². The molecule has 114 valence electrons. The smallest absolute Gasteiger partial charge is 0.255 e. The molecule has 1 aliphatic rings. The Morgan fingerprint density at radius 2 is 1.81 bits per heavy atom. The van der Waals surface area contributed by atoms with Crippen molar-refractivity contribution < 1.29 is 14.3 Å². The number of morpholine rings is 1. The number of hydrogen-bond acceptors (Lipinski definition) is 4. The first-order valence-corrected chi connectivity index (χ1v) is 7.28. The molecule has 2 heterocycles. The predicted octanol–water partition coefficient (Wildman–Crippen LogP) is 1.04. The molecule has 0 aliphatic carbocycles. The maximum absolute atomic E-state index is 12.4. The predicted molar refractivity (Wildman–Crippen MR) is 78.2 cm³/mol. The number of nitrogens with zero attached hydrogens (tertiary/aromatic N) is 3. The van der Waals surface area contributed by atoms with Gasteiger partial charge in [0, 0.05) is 38.6 Å². The minimum atomic E-state index is -0.0972. The third kappa shape index (κ3) is 3.58. The summed E-state index contributed by atoms with van der Waals surface area (Å²) in [4.78, 5) is 32.2. The summed E-state index contributed by atoms with van der Waals surface area (Å²) in [7, 11) is 0. The van der Waals surface area contributed by atoms with E-state index in [0.29, 0.717) is 50.5 Å². The molecule has 0 unspecified atom stereocenters. The van der Waals surface area contributed by atoms with Crippen LogP contribution in [0.25, 0.3) is 0 Å². The molecule has 1 saturated heterocycles. The van der Waals surface area contributed by atoms with E-state index in [4.69, 9.17) is 4.74 Å². The monoisotopic (exact) mass is 291 g/mol. The van der Waals surface area contributed by atoms with E-state index in [-0.39, 0.29) is 11.8 Å². The lowest BCUT2D eigenvalue weighted by molar-refractivity contribution is 0.0302. The molecular formula is C15H21N3O3. The largest absolute Gasteiger partial charge is 0.378 e. The van der Waals surface area contributed by atoms with Crippen molar-refractivity contribution in [2.75, 3.05) is 39.4 Å². The Labute approximate surface area is 124 Å². The van der Waals surface area contributed by atoms with Crippen LogP contribution in [-0.2, 0) is 4.74 Å². The number of amides is 2. The van der Waals surface area contributed by atoms with E-state index in [1.54, 1.807) is 15.9 Å². The van der Waals surface area contributed by atoms with Crippen LogP contribution in [0.15, 0.2) is 18.5 Å². The molecule has 1 aromatic rings. The highest BCUT2D eigenvalue weighted by molar-refractivity contribution is 5.99. The van der Waals surface area contributed by atoms with Gasteiger partial charge in [0.05, 0.1) is 24.3 Å². The fourth-order valence-electron chi connectivity index (χ4n) is 2.32. The SMILES string of the molecule is CCN(CC)C(=O)c1cncc(C(=O)N2CCOCC2)c1. The van der Waals surface area contributed by atoms with Gasteiger partial charge in [-0.25, -0.2) is 0 Å². The first-order chi connectivity index (χ1) is 10.2. The number of aromatic nitrogens is 1. The molecule has 1 fully saturated rings. The van der Waals surface area contributed by atoms with E-state index in [1.165, 1.54) is 12.4 Å². The highest BCUT2D eigenvalue weighted by atomic mass is 16.5. The number of carbonyl (C=O) groups excluding carboxylic acids is 2. The Hall–Kier alpha value is -1.95. The average molecular weight is 291 g/mol. The van der Waals surface area contributed by atoms with Crippen LogP contribution in [0.2, 0.25) is 0 Å². The Kier molecular flexibility index (Phi) is 5.27. The Bertz CT molecular complexity index is 509. The average Bonchev–Trinajstić information content (AvgIpc) is 2.56. The lowest BCUT2D eigenvalue weighted by Gasteiger charge is -2.27. The Morgan fingerprint density at radius 1 is 1.19 bits per heavy atom. The van der Waals surface area contributed by atoms with E-state index in [9.17, 15) is 9.59 Å². The van der Waals surface area contributed by atoms with Crippen LogP contribution in [0.3, 0.4) is 0 Å². The Morgan fingerprint density at radius 3 is 2.43 bits per heavy atom. The van der Waals surface area contributed by atoms with Gasteiger partial charge in [-0.1, -0.05) is 0 Å². The molecular weight excluding hydrogens is 270 g/mol. The van der Waals surface area contributed by atoms with Crippen molar-refractivity contribution in [1.29, 1.82) is 0 Å². The topological polar surface area (TPSA) is 62.7 Å². The second-order valence-electron chi connectivity index (χ2n) is 4.84. The molecule has 6 nitrogen and oxygen atoms in total. The molecule has 6 heteroatoms. The van der Waals surface area contributed by atoms with Crippen LogP contribution in [0.1, 0.15) is 34.6 Å². The van der Waals surface area contributed by atoms with Crippen LogP contribution in [0.4, 0.5) is 0 Å². The van der Waals surface area contributed by atoms with E-state index in [1.807, 2.05) is 13.8 Å². The molecule has 1 aromatic heterocycles. The van der Waals surface area contributed by atoms with E-state index in [2.05, 4.69) is 4.98 Å². The fourth-order valence-corrected chi connectivity index (χ4v) is 2.32. The van der Waals surface area contributed by atoms with Crippen molar-refractivity contribution in [2.45, 2.75) is 13.8 Å². The normalized spacial score (nSPS) is 14.9. The van der Waals surface area contributed by atoms with Crippen LogP contribution < -0.4 is 0 Å². The molecule has 0 N–H and O–H groups in total. The summed E-state index contributed by atoms with van der Waals surface area (Å²) in [6, 6.07) is 1.63. The van der Waals surface area contributed by atoms with Gasteiger partial charge in [-0.05, 0) is 19.9 Å². The summed E-state index contributed by atoms with van der Waals surface area (Å²) in [6.07, 6.45) is 3.02. The molecule has 2 amide bonds. The first-order valence-electron chi connectivity index (χ1n) is 7.28. The van der Waals surface area contributed by atoms with Gasteiger partial charge in [-0.15, -0.1) is 0 Å². The molecule has 0 bridgehead atoms. The van der Waals surface area contributed by atoms with Gasteiger partial charge in [-0.3, -0.25) is 14.6 Å². The number of ether oxygens (including phenoxy) is 1. The molecule has 0 spiro atoms. The first kappa shape index (κ1) is 15.4. The van der Waals surface area contributed by atoms with Gasteiger partial charge in [0.1, 0.15) is 0 Å². The molecule has 0 radical (unpaired) electrons. The maximum Gasteiger partial charge on any atom is 0.255 e. The summed E-state index contributed by atoms with van der Waals surface area (Å²) in [5.74, 6) is -0.191. The lowest BCUT2D eigenvalue weighted by Crippen LogP contribution is -2.40. The summed E-state index contributed by atoms with van der Waals surface area (Å²) in [5.41, 5.74) is 0.910. The summed E-state index contributed by atoms with van der Waals surface area (Å²) in [6.45, 7) is 7.39. The fraction of sp³-hybridized carbons (Fsp3) is 0.533. The minimum absolute atomic E-state index is 0.0934. The van der Waals surface area contributed by atoms with Gasteiger partial charge in [0.2, 0.25) is 0 Å². The van der Waals surface area contributed by atoms with Crippen molar-refractivity contribution in [3.8, 4) is 0 Å². The molecule has 0 atom stereocenters. The quantitative estimate of drug-likeness (QED) is 0.831. The Balaban J connectivity index is 2.16. The van der Waals surface area contributed by atoms with Crippen molar-refractivity contribution >= 4 is 11.8 Å². The van der Waals surface area contributed by atoms with Gasteiger partial charge in [0.15, 0.2) is 0 Å². The highest BCUT2D eigenvalue weighted by Crippen LogP contribution is 2.10. The number of pyridine rings is 1. The summed E-state index contributed by atoms with van der Waals surface area (Å²) >= 11 is 0. The number of rotatable bonds is 4. The van der Waals surface area contributed by atoms with Crippen molar-refractivity contribution in [2.24, 2.45) is 0 Å². The van der Waals surface area contributed by atoms with Gasteiger partial charge >= 0.3 is 0 Å². The summed E-state index contributed by atoms with van der Waals surface area (Å²) in [5, 5.41) is 0. The van der Waals surface area contributed by atoms with Crippen molar-refractivity contribution in [3.63, 3.8) is 0 Å².